The van der Waals surface area contributed by atoms with Crippen LogP contribution in [0.2, 0.25) is 0 Å². The van der Waals surface area contributed by atoms with Crippen LogP contribution in [-0.4, -0.2) is 19.3 Å². The normalized spacial score (nSPS) is 11.7. The van der Waals surface area contributed by atoms with Crippen LogP contribution in [0, 0.1) is 0 Å². The molecule has 6 rings (SSSR count). The molecule has 2 aromatic heterocycles. The number of aromatic hydroxyl groups is 2. The van der Waals surface area contributed by atoms with Gasteiger partial charge in [-0.15, -0.1) is 0 Å². The van der Waals surface area contributed by atoms with Crippen molar-refractivity contribution in [2.45, 2.75) is 168 Å². The van der Waals surface area contributed by atoms with Crippen LogP contribution in [0.5, 0.6) is 11.5 Å². The monoisotopic (exact) mass is 785 g/mol. The first kappa shape index (κ1) is 43.0. The summed E-state index contributed by atoms with van der Waals surface area (Å²) in [7, 11) is 0. The van der Waals surface area contributed by atoms with Crippen LogP contribution in [0.4, 0.5) is 0 Å². The van der Waals surface area contributed by atoms with E-state index in [9.17, 15) is 10.2 Å². The van der Waals surface area contributed by atoms with E-state index in [2.05, 4.69) is 106 Å². The molecule has 0 bridgehead atoms. The minimum Gasteiger partial charge on any atom is -0.507 e. The molecule has 0 atom stereocenters. The molecule has 0 fully saturated rings. The minimum atomic E-state index is 0.171. The molecule has 6 nitrogen and oxygen atoms in total. The molecular formula is C52H72N4O2+2. The number of benzene rings is 4. The Balaban J connectivity index is 1.03. The van der Waals surface area contributed by atoms with Crippen molar-refractivity contribution in [3.8, 4) is 22.6 Å². The van der Waals surface area contributed by atoms with Crippen LogP contribution in [0.25, 0.3) is 32.7 Å². The maximum atomic E-state index is 11.3. The predicted octanol–water partition coefficient (Wildman–Crippen LogP) is 13.2. The van der Waals surface area contributed by atoms with Crippen molar-refractivity contribution < 1.29 is 19.3 Å². The van der Waals surface area contributed by atoms with Gasteiger partial charge in [0.25, 0.3) is 0 Å². The fourth-order valence-electron chi connectivity index (χ4n) is 8.77. The van der Waals surface area contributed by atoms with E-state index in [1.54, 1.807) is 12.1 Å². The zero-order valence-corrected chi connectivity index (χ0v) is 35.9. The number of nitrogens with zero attached hydrogens (tertiary/aromatic N) is 4. The first-order chi connectivity index (χ1) is 28.5. The van der Waals surface area contributed by atoms with E-state index < -0.39 is 0 Å². The SMILES string of the molecule is CCCCCCCCCCCCn1cc[n+](Cc2ccc3c(-c4c(O)ccc5cc(C[n+]6ccn(CCCCCCCCCCCC)c6)ccc45)c(O)ccc3c2)c1. The van der Waals surface area contributed by atoms with E-state index >= 15 is 0 Å². The van der Waals surface area contributed by atoms with E-state index in [4.69, 9.17) is 0 Å². The van der Waals surface area contributed by atoms with Crippen LogP contribution in [0.1, 0.15) is 153 Å². The molecule has 4 aromatic carbocycles. The Morgan fingerprint density at radius 2 is 0.793 bits per heavy atom. The highest BCUT2D eigenvalue weighted by Crippen LogP contribution is 2.44. The van der Waals surface area contributed by atoms with Crippen molar-refractivity contribution in [3.05, 3.63) is 109 Å². The van der Waals surface area contributed by atoms with Gasteiger partial charge >= 0.3 is 0 Å². The molecule has 0 aliphatic heterocycles. The van der Waals surface area contributed by atoms with Crippen LogP contribution < -0.4 is 9.13 Å². The number of fused-ring (bicyclic) bond motifs is 2. The third-order valence-electron chi connectivity index (χ3n) is 12.1. The number of hydrogen-bond acceptors (Lipinski definition) is 2. The van der Waals surface area contributed by atoms with Crippen LogP contribution in [0.15, 0.2) is 98.1 Å². The molecular weight excluding hydrogens is 713 g/mol. The van der Waals surface area contributed by atoms with Gasteiger partial charge in [0.15, 0.2) is 0 Å². The fourth-order valence-corrected chi connectivity index (χ4v) is 8.77. The summed E-state index contributed by atoms with van der Waals surface area (Å²) in [4.78, 5) is 0. The van der Waals surface area contributed by atoms with Gasteiger partial charge in [-0.2, -0.15) is 0 Å². The summed E-state index contributed by atoms with van der Waals surface area (Å²) in [5.41, 5.74) is 3.75. The highest BCUT2D eigenvalue weighted by molar-refractivity contribution is 6.09. The third kappa shape index (κ3) is 12.7. The van der Waals surface area contributed by atoms with E-state index in [-0.39, 0.29) is 11.5 Å². The van der Waals surface area contributed by atoms with Gasteiger partial charge < -0.3 is 10.2 Å². The van der Waals surface area contributed by atoms with Gasteiger partial charge in [-0.25, -0.2) is 18.3 Å². The van der Waals surface area contributed by atoms with Crippen molar-refractivity contribution in [2.75, 3.05) is 0 Å². The van der Waals surface area contributed by atoms with Crippen LogP contribution in [-0.2, 0) is 26.2 Å². The summed E-state index contributed by atoms with van der Waals surface area (Å²) in [5, 5.41) is 26.6. The molecule has 0 radical (unpaired) electrons. The zero-order valence-electron chi connectivity index (χ0n) is 35.9. The number of hydrogen-bond donors (Lipinski definition) is 2. The van der Waals surface area contributed by atoms with Crippen LogP contribution in [0.3, 0.4) is 0 Å². The molecule has 6 heteroatoms. The topological polar surface area (TPSA) is 58.1 Å². The number of unbranched alkanes of at least 4 members (excludes halogenated alkanes) is 18. The largest absolute Gasteiger partial charge is 0.507 e. The van der Waals surface area contributed by atoms with Gasteiger partial charge in [0.1, 0.15) is 49.4 Å². The smallest absolute Gasteiger partial charge is 0.244 e. The summed E-state index contributed by atoms with van der Waals surface area (Å²) < 4.78 is 9.12. The number of phenolic OH excluding ortho intramolecular Hbond substituents is 2. The summed E-state index contributed by atoms with van der Waals surface area (Å²) >= 11 is 0. The summed E-state index contributed by atoms with van der Waals surface area (Å²) in [6, 6.07) is 20.4. The predicted molar refractivity (Wildman–Crippen MR) is 241 cm³/mol. The van der Waals surface area contributed by atoms with Crippen molar-refractivity contribution in [3.63, 3.8) is 0 Å². The second kappa shape index (κ2) is 23.1. The van der Waals surface area contributed by atoms with Gasteiger partial charge in [-0.1, -0.05) is 153 Å². The molecule has 0 unspecified atom stereocenters. The Morgan fingerprint density at radius 3 is 1.17 bits per heavy atom. The van der Waals surface area contributed by atoms with Crippen molar-refractivity contribution in [1.29, 1.82) is 0 Å². The number of aromatic nitrogens is 4. The van der Waals surface area contributed by atoms with Gasteiger partial charge in [0.05, 0.1) is 13.1 Å². The molecule has 2 heterocycles. The fraction of sp³-hybridized carbons (Fsp3) is 0.500. The second-order valence-electron chi connectivity index (χ2n) is 17.0. The van der Waals surface area contributed by atoms with Gasteiger partial charge in [0.2, 0.25) is 12.7 Å². The first-order valence-electron chi connectivity index (χ1n) is 23.1. The lowest BCUT2D eigenvalue weighted by Gasteiger charge is -2.15. The number of rotatable bonds is 27. The zero-order chi connectivity index (χ0) is 40.4. The molecule has 0 amide bonds. The number of imidazole rings is 2. The summed E-state index contributed by atoms with van der Waals surface area (Å²) in [6.45, 7) is 8.24. The van der Waals surface area contributed by atoms with Crippen molar-refractivity contribution in [2.24, 2.45) is 0 Å². The first-order valence-corrected chi connectivity index (χ1v) is 23.1. The van der Waals surface area contributed by atoms with E-state index in [0.717, 1.165) is 47.7 Å². The lowest BCUT2D eigenvalue weighted by Crippen LogP contribution is -2.31. The molecule has 0 saturated heterocycles. The Bertz CT molecular complexity index is 1980. The van der Waals surface area contributed by atoms with E-state index in [1.165, 1.54) is 140 Å². The highest BCUT2D eigenvalue weighted by atomic mass is 16.3. The molecule has 0 aliphatic carbocycles. The molecule has 310 valence electrons. The average Bonchev–Trinajstić information content (AvgIpc) is 3.88. The molecule has 58 heavy (non-hydrogen) atoms. The Labute approximate surface area is 349 Å². The minimum absolute atomic E-state index is 0.171. The van der Waals surface area contributed by atoms with Gasteiger partial charge in [-0.05, 0) is 82.6 Å². The number of phenols is 2. The summed E-state index contributed by atoms with van der Waals surface area (Å²) in [5.74, 6) is 0.342. The third-order valence-corrected chi connectivity index (χ3v) is 12.1. The quantitative estimate of drug-likeness (QED) is 0.0404. The average molecular weight is 785 g/mol. The molecule has 0 spiro atoms. The van der Waals surface area contributed by atoms with E-state index in [0.29, 0.717) is 11.1 Å². The maximum Gasteiger partial charge on any atom is 0.244 e. The highest BCUT2D eigenvalue weighted by Gasteiger charge is 2.18. The lowest BCUT2D eigenvalue weighted by atomic mass is 9.91. The molecule has 6 aromatic rings. The Morgan fingerprint density at radius 1 is 0.431 bits per heavy atom. The Hall–Kier alpha value is -4.58. The molecule has 2 N–H and O–H groups in total. The second-order valence-corrected chi connectivity index (χ2v) is 17.0. The standard InChI is InChI=1S/C52H70N4O2/c1-3-5-7-9-11-13-15-17-19-21-31-53-33-35-55(41-53)39-43-23-27-47-45(37-43)25-29-49(57)51(47)52-48-28-24-44(38-46(48)26-30-50(52)58)40-56-36-34-54(42-56)32-22-20-18-16-14-12-10-8-6-4-2/h23-30,33-38,41-42H,3-22,31-32,39-40H2,1-2H3/p+2. The number of aryl methyl sites for hydroxylation is 2. The summed E-state index contributed by atoms with van der Waals surface area (Å²) in [6.07, 6.45) is 40.2. The lowest BCUT2D eigenvalue weighted by molar-refractivity contribution is -0.688. The van der Waals surface area contributed by atoms with E-state index in [1.807, 2.05) is 12.1 Å². The Kier molecular flexibility index (Phi) is 17.1. The molecule has 0 saturated carbocycles. The van der Waals surface area contributed by atoms with Crippen molar-refractivity contribution in [1.82, 2.24) is 9.13 Å². The van der Waals surface area contributed by atoms with Gasteiger partial charge in [0, 0.05) is 11.1 Å². The maximum absolute atomic E-state index is 11.3. The van der Waals surface area contributed by atoms with Gasteiger partial charge in [-0.3, -0.25) is 0 Å². The molecule has 0 aliphatic rings. The van der Waals surface area contributed by atoms with Crippen LogP contribution >= 0.6 is 0 Å². The van der Waals surface area contributed by atoms with Crippen molar-refractivity contribution >= 4 is 21.5 Å².